The summed E-state index contributed by atoms with van der Waals surface area (Å²) in [7, 11) is 0. The summed E-state index contributed by atoms with van der Waals surface area (Å²) in [5, 5.41) is 0. The highest BCUT2D eigenvalue weighted by molar-refractivity contribution is 5.26. The van der Waals surface area contributed by atoms with Crippen LogP contribution in [0.25, 0.3) is 0 Å². The Morgan fingerprint density at radius 1 is 0.913 bits per heavy atom. The largest absolute Gasteiger partial charge is 0.0654 e. The van der Waals surface area contributed by atoms with Crippen molar-refractivity contribution in [2.75, 3.05) is 0 Å². The molecule has 0 saturated heterocycles. The van der Waals surface area contributed by atoms with Gasteiger partial charge in [-0.1, -0.05) is 92.0 Å². The maximum absolute atomic E-state index is 2.49. The van der Waals surface area contributed by atoms with Gasteiger partial charge in [0.1, 0.15) is 0 Å². The molecular weight excluding hydrogens is 276 g/mol. The summed E-state index contributed by atoms with van der Waals surface area (Å²) in [4.78, 5) is 0. The van der Waals surface area contributed by atoms with Crippen LogP contribution in [0, 0.1) is 17.3 Å². The number of rotatable bonds is 9. The molecule has 0 heterocycles. The molecule has 23 heavy (non-hydrogen) atoms. The number of unbranched alkanes of at least 4 members (excludes halogenated alkanes) is 2. The van der Waals surface area contributed by atoms with E-state index in [0.29, 0.717) is 11.3 Å². The molecule has 1 aromatic rings. The molecule has 0 N–H and O–H groups in total. The zero-order chi connectivity index (χ0) is 17.5. The second-order valence-electron chi connectivity index (χ2n) is 8.80. The average Bonchev–Trinajstić information content (AvgIpc) is 2.49. The average molecular weight is 317 g/mol. The molecule has 0 fully saturated rings. The van der Waals surface area contributed by atoms with Gasteiger partial charge >= 0.3 is 0 Å². The molecule has 0 heteroatoms. The smallest absolute Gasteiger partial charge is 0.0134 e. The molecule has 0 aliphatic carbocycles. The highest BCUT2D eigenvalue weighted by Gasteiger charge is 2.27. The first-order chi connectivity index (χ1) is 10.8. The molecule has 1 aromatic carbocycles. The summed E-state index contributed by atoms with van der Waals surface area (Å²) in [6.07, 6.45) is 7.83. The normalized spacial score (nSPS) is 16.1. The monoisotopic (exact) mass is 316 g/mol. The Labute approximate surface area is 146 Å². The van der Waals surface area contributed by atoms with Crippen LogP contribution in [0.4, 0.5) is 0 Å². The number of hydrogen-bond acceptors (Lipinski definition) is 0. The van der Waals surface area contributed by atoms with E-state index in [4.69, 9.17) is 0 Å². The molecule has 0 aromatic heterocycles. The van der Waals surface area contributed by atoms with Gasteiger partial charge in [0.05, 0.1) is 0 Å². The first-order valence-electron chi connectivity index (χ1n) is 9.87. The van der Waals surface area contributed by atoms with E-state index in [2.05, 4.69) is 72.7 Å². The summed E-state index contributed by atoms with van der Waals surface area (Å²) in [6.45, 7) is 16.6. The SMILES string of the molecule is CCCCCC(c1ccc(CC)cc1)C(C)C(C)CC(C)(C)C. The molecule has 0 spiro atoms. The third-order valence-electron chi connectivity index (χ3n) is 5.40. The van der Waals surface area contributed by atoms with Gasteiger partial charge in [0, 0.05) is 0 Å². The first-order valence-corrected chi connectivity index (χ1v) is 9.87. The highest BCUT2D eigenvalue weighted by Crippen LogP contribution is 2.39. The van der Waals surface area contributed by atoms with Crippen molar-refractivity contribution in [3.63, 3.8) is 0 Å². The lowest BCUT2D eigenvalue weighted by Gasteiger charge is -2.33. The Bertz CT molecular complexity index is 420. The van der Waals surface area contributed by atoms with Crippen LogP contribution in [-0.4, -0.2) is 0 Å². The fraction of sp³-hybridized carbons (Fsp3) is 0.739. The van der Waals surface area contributed by atoms with E-state index in [0.717, 1.165) is 18.3 Å². The third kappa shape index (κ3) is 7.10. The molecule has 0 bridgehead atoms. The summed E-state index contributed by atoms with van der Waals surface area (Å²) < 4.78 is 0. The van der Waals surface area contributed by atoms with Crippen molar-refractivity contribution in [3.05, 3.63) is 35.4 Å². The van der Waals surface area contributed by atoms with Crippen LogP contribution in [0.1, 0.15) is 97.6 Å². The van der Waals surface area contributed by atoms with Gasteiger partial charge in [0.2, 0.25) is 0 Å². The van der Waals surface area contributed by atoms with Crippen molar-refractivity contribution in [3.8, 4) is 0 Å². The Morgan fingerprint density at radius 3 is 2.00 bits per heavy atom. The molecule has 3 atom stereocenters. The molecular formula is C23H40. The maximum atomic E-state index is 2.49. The van der Waals surface area contributed by atoms with E-state index in [1.54, 1.807) is 5.56 Å². The minimum absolute atomic E-state index is 0.424. The Balaban J connectivity index is 2.89. The Kier molecular flexibility index (Phi) is 8.37. The molecule has 0 saturated carbocycles. The standard InChI is InChI=1S/C23H40/c1-8-10-11-12-22(19(4)18(3)17-23(5,6)7)21-15-13-20(9-2)14-16-21/h13-16,18-19,22H,8-12,17H2,1-7H3. The molecule has 0 aliphatic heterocycles. The fourth-order valence-corrected chi connectivity index (χ4v) is 3.90. The van der Waals surface area contributed by atoms with Crippen LogP contribution < -0.4 is 0 Å². The minimum atomic E-state index is 0.424. The second kappa shape index (κ2) is 9.50. The van der Waals surface area contributed by atoms with E-state index < -0.39 is 0 Å². The quantitative estimate of drug-likeness (QED) is 0.411. The van der Waals surface area contributed by atoms with Gasteiger partial charge in [-0.3, -0.25) is 0 Å². The highest BCUT2D eigenvalue weighted by atomic mass is 14.3. The van der Waals surface area contributed by atoms with Crippen LogP contribution in [-0.2, 0) is 6.42 Å². The summed E-state index contributed by atoms with van der Waals surface area (Å²) in [5.41, 5.74) is 3.44. The van der Waals surface area contributed by atoms with Gasteiger partial charge in [-0.25, -0.2) is 0 Å². The van der Waals surface area contributed by atoms with Crippen LogP contribution in [0.15, 0.2) is 24.3 Å². The van der Waals surface area contributed by atoms with E-state index in [-0.39, 0.29) is 0 Å². The van der Waals surface area contributed by atoms with Crippen LogP contribution >= 0.6 is 0 Å². The molecule has 3 unspecified atom stereocenters. The zero-order valence-corrected chi connectivity index (χ0v) is 16.8. The Morgan fingerprint density at radius 2 is 1.52 bits per heavy atom. The predicted molar refractivity (Wildman–Crippen MR) is 105 cm³/mol. The van der Waals surface area contributed by atoms with E-state index in [1.807, 2.05) is 0 Å². The maximum Gasteiger partial charge on any atom is -0.0134 e. The molecule has 0 radical (unpaired) electrons. The van der Waals surface area contributed by atoms with Crippen molar-refractivity contribution in [1.29, 1.82) is 0 Å². The van der Waals surface area contributed by atoms with E-state index in [9.17, 15) is 0 Å². The summed E-state index contributed by atoms with van der Waals surface area (Å²) in [6, 6.07) is 9.47. The molecule has 0 amide bonds. The number of benzene rings is 1. The van der Waals surface area contributed by atoms with Crippen LogP contribution in [0.2, 0.25) is 0 Å². The molecule has 0 nitrogen and oxygen atoms in total. The Hall–Kier alpha value is -0.780. The molecule has 1 rings (SSSR count). The van der Waals surface area contributed by atoms with Gasteiger partial charge in [-0.15, -0.1) is 0 Å². The predicted octanol–water partition coefficient (Wildman–Crippen LogP) is 7.62. The zero-order valence-electron chi connectivity index (χ0n) is 16.8. The third-order valence-corrected chi connectivity index (χ3v) is 5.40. The lowest BCUT2D eigenvalue weighted by molar-refractivity contribution is 0.219. The van der Waals surface area contributed by atoms with E-state index >= 15 is 0 Å². The van der Waals surface area contributed by atoms with Crippen LogP contribution in [0.3, 0.4) is 0 Å². The number of hydrogen-bond donors (Lipinski definition) is 0. The van der Waals surface area contributed by atoms with Gasteiger partial charge in [0.25, 0.3) is 0 Å². The van der Waals surface area contributed by atoms with Gasteiger partial charge in [0.15, 0.2) is 0 Å². The van der Waals surface area contributed by atoms with Crippen molar-refractivity contribution in [2.24, 2.45) is 17.3 Å². The van der Waals surface area contributed by atoms with Crippen LogP contribution in [0.5, 0.6) is 0 Å². The van der Waals surface area contributed by atoms with Gasteiger partial charge < -0.3 is 0 Å². The summed E-state index contributed by atoms with van der Waals surface area (Å²) >= 11 is 0. The van der Waals surface area contributed by atoms with Gasteiger partial charge in [-0.2, -0.15) is 0 Å². The number of aryl methyl sites for hydroxylation is 1. The lowest BCUT2D eigenvalue weighted by Crippen LogP contribution is -2.22. The van der Waals surface area contributed by atoms with Crippen molar-refractivity contribution < 1.29 is 0 Å². The first kappa shape index (κ1) is 20.3. The second-order valence-corrected chi connectivity index (χ2v) is 8.80. The molecule has 0 aliphatic rings. The van der Waals surface area contributed by atoms with Crippen molar-refractivity contribution >= 4 is 0 Å². The lowest BCUT2D eigenvalue weighted by atomic mass is 9.72. The van der Waals surface area contributed by atoms with Crippen molar-refractivity contribution in [1.82, 2.24) is 0 Å². The topological polar surface area (TPSA) is 0 Å². The molecule has 132 valence electrons. The van der Waals surface area contributed by atoms with Gasteiger partial charge in [-0.05, 0) is 53.6 Å². The fourth-order valence-electron chi connectivity index (χ4n) is 3.90. The summed E-state index contributed by atoms with van der Waals surface area (Å²) in [5.74, 6) is 2.23. The minimum Gasteiger partial charge on any atom is -0.0654 e. The van der Waals surface area contributed by atoms with E-state index in [1.165, 1.54) is 37.7 Å². The van der Waals surface area contributed by atoms with Crippen molar-refractivity contribution in [2.45, 2.75) is 92.9 Å².